The summed E-state index contributed by atoms with van der Waals surface area (Å²) in [6, 6.07) is 10.2. The van der Waals surface area contributed by atoms with Crippen LogP contribution >= 0.6 is 0 Å². The number of fused-ring (bicyclic) bond motifs is 2. The summed E-state index contributed by atoms with van der Waals surface area (Å²) >= 11 is 0. The Morgan fingerprint density at radius 3 is 2.77 bits per heavy atom. The number of aromatic nitrogens is 5. The normalized spacial score (nSPS) is 19.1. The second kappa shape index (κ2) is 10.1. The number of hydrogen-bond donors (Lipinski definition) is 2. The zero-order valence-corrected chi connectivity index (χ0v) is 23.3. The molecule has 206 valence electrons. The molecular formula is C31H35N7O2. The lowest BCUT2D eigenvalue weighted by Gasteiger charge is -2.23. The number of hydrogen-bond acceptors (Lipinski definition) is 7. The molecule has 0 amide bonds. The topological polar surface area (TPSA) is 101 Å². The molecule has 6 rings (SSSR count). The van der Waals surface area contributed by atoms with E-state index in [4.69, 9.17) is 9.97 Å². The largest absolute Gasteiger partial charge is 0.384 e. The standard InChI is InChI=1S/C31H35N7O2/c1-5-15-37-29(39)25-19-32-30(33-23-8-9-24(20(3)18-23)21-12-16-36(4)17-13-21)35-28(25)38(37)26-10-7-22-11-14-31(40,6-2)27(22)34-26/h5,7-10,12,18-19,40H,1,6,11,13-17H2,2-4H3,(H,32,33,35)/t31-/m1/s1. The molecule has 1 aliphatic carbocycles. The van der Waals surface area contributed by atoms with Crippen LogP contribution in [0, 0.1) is 6.92 Å². The summed E-state index contributed by atoms with van der Waals surface area (Å²) in [4.78, 5) is 29.8. The summed E-state index contributed by atoms with van der Waals surface area (Å²) < 4.78 is 3.26. The summed E-state index contributed by atoms with van der Waals surface area (Å²) in [5.41, 5.74) is 5.67. The van der Waals surface area contributed by atoms with Gasteiger partial charge in [0.2, 0.25) is 5.95 Å². The second-order valence-electron chi connectivity index (χ2n) is 10.9. The van der Waals surface area contributed by atoms with Crippen molar-refractivity contribution in [2.75, 3.05) is 25.5 Å². The third kappa shape index (κ3) is 4.45. The van der Waals surface area contributed by atoms with E-state index in [1.165, 1.54) is 16.7 Å². The van der Waals surface area contributed by atoms with Gasteiger partial charge in [-0.1, -0.05) is 31.2 Å². The van der Waals surface area contributed by atoms with Gasteiger partial charge in [0.1, 0.15) is 11.0 Å². The maximum atomic E-state index is 13.4. The van der Waals surface area contributed by atoms with Gasteiger partial charge in [-0.25, -0.2) is 19.3 Å². The lowest BCUT2D eigenvalue weighted by Crippen LogP contribution is -2.25. The number of nitrogens with one attached hydrogen (secondary N) is 1. The Morgan fingerprint density at radius 1 is 1.20 bits per heavy atom. The first-order valence-electron chi connectivity index (χ1n) is 13.9. The van der Waals surface area contributed by atoms with Gasteiger partial charge in [-0.05, 0) is 80.1 Å². The molecular weight excluding hydrogens is 502 g/mol. The molecule has 2 N–H and O–H groups in total. The molecule has 0 unspecified atom stereocenters. The van der Waals surface area contributed by atoms with Crippen LogP contribution in [0.3, 0.4) is 0 Å². The van der Waals surface area contributed by atoms with E-state index in [9.17, 15) is 9.90 Å². The van der Waals surface area contributed by atoms with Gasteiger partial charge >= 0.3 is 0 Å². The second-order valence-corrected chi connectivity index (χ2v) is 10.9. The molecule has 0 fully saturated rings. The Bertz CT molecular complexity index is 1720. The molecule has 0 saturated carbocycles. The summed E-state index contributed by atoms with van der Waals surface area (Å²) in [5.74, 6) is 0.909. The van der Waals surface area contributed by atoms with Crippen molar-refractivity contribution in [1.82, 2.24) is 29.2 Å². The van der Waals surface area contributed by atoms with Crippen LogP contribution in [0.15, 0.2) is 60.1 Å². The Hall–Kier alpha value is -4.08. The van der Waals surface area contributed by atoms with Crippen molar-refractivity contribution >= 4 is 28.2 Å². The average Bonchev–Trinajstić information content (AvgIpc) is 3.43. The van der Waals surface area contributed by atoms with Crippen molar-refractivity contribution in [3.8, 4) is 5.82 Å². The van der Waals surface area contributed by atoms with E-state index in [1.54, 1.807) is 21.6 Å². The Labute approximate surface area is 233 Å². The smallest absolute Gasteiger partial charge is 0.278 e. The Morgan fingerprint density at radius 2 is 2.05 bits per heavy atom. The highest BCUT2D eigenvalue weighted by atomic mass is 16.3. The molecule has 2 aliphatic rings. The molecule has 9 heteroatoms. The SMILES string of the molecule is C=CCn1c(=O)c2cnc(Nc3ccc(C4=CCN(C)CC4)c(C)c3)nc2n1-c1ccc2c(n1)[C@@](O)(CC)CC2. The highest BCUT2D eigenvalue weighted by Gasteiger charge is 2.37. The minimum Gasteiger partial charge on any atom is -0.384 e. The van der Waals surface area contributed by atoms with E-state index in [2.05, 4.69) is 54.0 Å². The van der Waals surface area contributed by atoms with Gasteiger partial charge in [0.15, 0.2) is 11.5 Å². The van der Waals surface area contributed by atoms with Crippen LogP contribution in [-0.2, 0) is 18.6 Å². The molecule has 1 aliphatic heterocycles. The van der Waals surface area contributed by atoms with E-state index < -0.39 is 5.60 Å². The highest BCUT2D eigenvalue weighted by Crippen LogP contribution is 2.38. The first-order valence-corrected chi connectivity index (χ1v) is 13.9. The number of aryl methyl sites for hydroxylation is 2. The van der Waals surface area contributed by atoms with Gasteiger partial charge in [0, 0.05) is 25.0 Å². The maximum absolute atomic E-state index is 13.4. The molecule has 4 heterocycles. The number of allylic oxidation sites excluding steroid dienone is 1. The molecule has 0 bridgehead atoms. The lowest BCUT2D eigenvalue weighted by atomic mass is 9.95. The predicted molar refractivity (Wildman–Crippen MR) is 158 cm³/mol. The zero-order valence-electron chi connectivity index (χ0n) is 23.3. The van der Waals surface area contributed by atoms with E-state index in [1.807, 2.05) is 25.1 Å². The number of nitrogens with zero attached hydrogens (tertiary/aromatic N) is 6. The van der Waals surface area contributed by atoms with E-state index in [0.29, 0.717) is 41.3 Å². The quantitative estimate of drug-likeness (QED) is 0.335. The number of aliphatic hydroxyl groups is 1. The first kappa shape index (κ1) is 26.2. The summed E-state index contributed by atoms with van der Waals surface area (Å²) in [6.45, 7) is 10.2. The van der Waals surface area contributed by atoms with E-state index >= 15 is 0 Å². The van der Waals surface area contributed by atoms with Crippen molar-refractivity contribution in [2.45, 2.75) is 51.7 Å². The van der Waals surface area contributed by atoms with Crippen LogP contribution in [0.1, 0.15) is 48.6 Å². The number of benzene rings is 1. The van der Waals surface area contributed by atoms with Crippen molar-refractivity contribution in [3.63, 3.8) is 0 Å². The van der Waals surface area contributed by atoms with Crippen molar-refractivity contribution < 1.29 is 5.11 Å². The van der Waals surface area contributed by atoms with Gasteiger partial charge in [-0.2, -0.15) is 4.98 Å². The lowest BCUT2D eigenvalue weighted by molar-refractivity contribution is 0.0306. The predicted octanol–water partition coefficient (Wildman–Crippen LogP) is 4.48. The Balaban J connectivity index is 1.39. The number of pyridine rings is 1. The van der Waals surface area contributed by atoms with Crippen LogP contribution in [0.2, 0.25) is 0 Å². The van der Waals surface area contributed by atoms with Crippen LogP contribution in [0.4, 0.5) is 11.6 Å². The summed E-state index contributed by atoms with van der Waals surface area (Å²) in [6.07, 6.45) is 8.57. The number of anilines is 2. The van der Waals surface area contributed by atoms with Crippen LogP contribution in [0.5, 0.6) is 0 Å². The fourth-order valence-corrected chi connectivity index (χ4v) is 5.86. The summed E-state index contributed by atoms with van der Waals surface area (Å²) in [7, 11) is 2.14. The number of likely N-dealkylation sites (N-methyl/N-ethyl adjacent to an activating group) is 1. The molecule has 3 aromatic heterocycles. The molecule has 4 aromatic rings. The van der Waals surface area contributed by atoms with Crippen LogP contribution in [0.25, 0.3) is 22.4 Å². The number of rotatable bonds is 7. The van der Waals surface area contributed by atoms with Gasteiger partial charge in [0.05, 0.1) is 12.2 Å². The van der Waals surface area contributed by atoms with Gasteiger partial charge in [0.25, 0.3) is 5.56 Å². The van der Waals surface area contributed by atoms with Gasteiger partial charge in [-0.3, -0.25) is 4.79 Å². The monoisotopic (exact) mass is 537 g/mol. The molecule has 9 nitrogen and oxygen atoms in total. The molecule has 1 aromatic carbocycles. The summed E-state index contributed by atoms with van der Waals surface area (Å²) in [5, 5.41) is 14.9. The van der Waals surface area contributed by atoms with E-state index in [0.717, 1.165) is 37.2 Å². The Kier molecular flexibility index (Phi) is 6.64. The third-order valence-corrected chi connectivity index (χ3v) is 8.23. The van der Waals surface area contributed by atoms with E-state index in [-0.39, 0.29) is 12.1 Å². The van der Waals surface area contributed by atoms with Crippen molar-refractivity contribution in [3.05, 3.63) is 88.0 Å². The molecule has 0 radical (unpaired) electrons. The molecule has 40 heavy (non-hydrogen) atoms. The molecule has 1 atom stereocenters. The van der Waals surface area contributed by atoms with Gasteiger partial charge in [-0.15, -0.1) is 6.58 Å². The highest BCUT2D eigenvalue weighted by molar-refractivity contribution is 5.77. The molecule has 0 spiro atoms. The zero-order chi connectivity index (χ0) is 28.0. The minimum atomic E-state index is -0.965. The fourth-order valence-electron chi connectivity index (χ4n) is 5.86. The third-order valence-electron chi connectivity index (χ3n) is 8.23. The van der Waals surface area contributed by atoms with Crippen LogP contribution < -0.4 is 10.9 Å². The van der Waals surface area contributed by atoms with Crippen molar-refractivity contribution in [2.24, 2.45) is 0 Å². The van der Waals surface area contributed by atoms with Crippen LogP contribution in [-0.4, -0.2) is 54.5 Å². The van der Waals surface area contributed by atoms with Crippen molar-refractivity contribution in [1.29, 1.82) is 0 Å². The first-order chi connectivity index (χ1) is 19.3. The minimum absolute atomic E-state index is 0.221. The van der Waals surface area contributed by atoms with Gasteiger partial charge < -0.3 is 15.3 Å². The fraction of sp³-hybridized carbons (Fsp3) is 0.355. The average molecular weight is 538 g/mol. The maximum Gasteiger partial charge on any atom is 0.278 e. The molecule has 0 saturated heterocycles.